The second-order valence-electron chi connectivity index (χ2n) is 5.44. The van der Waals surface area contributed by atoms with E-state index in [1.165, 1.54) is 0 Å². The third-order valence-corrected chi connectivity index (χ3v) is 5.17. The molecule has 3 nitrogen and oxygen atoms in total. The predicted octanol–water partition coefficient (Wildman–Crippen LogP) is 2.95. The van der Waals surface area contributed by atoms with Crippen molar-refractivity contribution < 1.29 is 9.90 Å². The van der Waals surface area contributed by atoms with E-state index in [0.29, 0.717) is 6.42 Å². The van der Waals surface area contributed by atoms with Crippen LogP contribution in [0.15, 0.2) is 18.2 Å². The number of amides is 1. The van der Waals surface area contributed by atoms with Crippen molar-refractivity contribution in [1.82, 2.24) is 0 Å². The molecule has 1 fully saturated rings. The summed E-state index contributed by atoms with van der Waals surface area (Å²) in [6, 6.07) is 5.80. The number of aryl methyl sites for hydroxylation is 1. The number of anilines is 1. The van der Waals surface area contributed by atoms with Crippen LogP contribution in [0.3, 0.4) is 0 Å². The van der Waals surface area contributed by atoms with E-state index >= 15 is 0 Å². The zero-order valence-electron chi connectivity index (χ0n) is 12.5. The van der Waals surface area contributed by atoms with Crippen LogP contribution in [0.1, 0.15) is 37.3 Å². The van der Waals surface area contributed by atoms with Crippen molar-refractivity contribution in [2.45, 2.75) is 37.9 Å². The van der Waals surface area contributed by atoms with Crippen LogP contribution < -0.4 is 5.32 Å². The van der Waals surface area contributed by atoms with Gasteiger partial charge in [0.1, 0.15) is 0 Å². The predicted molar refractivity (Wildman–Crippen MR) is 88.5 cm³/mol. The molecule has 1 saturated heterocycles. The molecular weight excluding hydrogens is 282 g/mol. The fourth-order valence-electron chi connectivity index (χ4n) is 2.27. The van der Waals surface area contributed by atoms with Crippen molar-refractivity contribution in [3.63, 3.8) is 0 Å². The van der Waals surface area contributed by atoms with Crippen LogP contribution in [0.25, 0.3) is 0 Å². The summed E-state index contributed by atoms with van der Waals surface area (Å²) in [7, 11) is 0. The van der Waals surface area contributed by atoms with Crippen molar-refractivity contribution in [3.05, 3.63) is 29.3 Å². The van der Waals surface area contributed by atoms with Gasteiger partial charge in [0.25, 0.3) is 0 Å². The first kappa shape index (κ1) is 15.9. The maximum absolute atomic E-state index is 12.5. The molecule has 0 aromatic heterocycles. The summed E-state index contributed by atoms with van der Waals surface area (Å²) in [5.41, 5.74) is 2.71. The van der Waals surface area contributed by atoms with Crippen LogP contribution in [0.5, 0.6) is 0 Å². The number of carbonyl (C=O) groups is 1. The molecule has 4 heteroatoms. The number of rotatable bonds is 3. The van der Waals surface area contributed by atoms with E-state index < -0.39 is 0 Å². The molecule has 2 rings (SSSR count). The van der Waals surface area contributed by atoms with Gasteiger partial charge in [0.2, 0.25) is 5.91 Å². The van der Waals surface area contributed by atoms with Gasteiger partial charge in [-0.3, -0.25) is 4.79 Å². The Hall–Kier alpha value is -1.44. The Bertz CT molecular complexity index is 580. The quantitative estimate of drug-likeness (QED) is 0.844. The molecule has 0 saturated carbocycles. The topological polar surface area (TPSA) is 49.3 Å². The maximum atomic E-state index is 12.5. The Morgan fingerprint density at radius 2 is 2.33 bits per heavy atom. The summed E-state index contributed by atoms with van der Waals surface area (Å²) in [6.07, 6.45) is 2.49. The smallest absolute Gasteiger partial charge is 0.240 e. The van der Waals surface area contributed by atoms with Crippen molar-refractivity contribution in [3.8, 4) is 11.8 Å². The molecule has 1 amide bonds. The first-order valence-electron chi connectivity index (χ1n) is 7.21. The third-order valence-electron chi connectivity index (χ3n) is 3.65. The van der Waals surface area contributed by atoms with Crippen molar-refractivity contribution in [2.24, 2.45) is 0 Å². The van der Waals surface area contributed by atoms with Crippen molar-refractivity contribution in [2.75, 3.05) is 17.7 Å². The normalized spacial score (nSPS) is 20.7. The molecule has 1 atom stereocenters. The van der Waals surface area contributed by atoms with E-state index in [1.54, 1.807) is 11.8 Å². The van der Waals surface area contributed by atoms with Crippen LogP contribution in [-0.2, 0) is 4.79 Å². The molecule has 0 radical (unpaired) electrons. The number of carbonyl (C=O) groups excluding carboxylic acids is 1. The number of thioether (sulfide) groups is 1. The fraction of sp³-hybridized carbons (Fsp3) is 0.471. The van der Waals surface area contributed by atoms with Crippen LogP contribution in [0.2, 0.25) is 0 Å². The molecule has 0 aliphatic carbocycles. The molecule has 2 N–H and O–H groups in total. The van der Waals surface area contributed by atoms with E-state index in [1.807, 2.05) is 32.0 Å². The average molecular weight is 303 g/mol. The zero-order valence-corrected chi connectivity index (χ0v) is 13.3. The van der Waals surface area contributed by atoms with E-state index in [2.05, 4.69) is 17.2 Å². The van der Waals surface area contributed by atoms with Gasteiger partial charge < -0.3 is 10.4 Å². The minimum absolute atomic E-state index is 0.0675. The van der Waals surface area contributed by atoms with Crippen LogP contribution in [0.4, 0.5) is 5.69 Å². The van der Waals surface area contributed by atoms with Crippen molar-refractivity contribution >= 4 is 23.4 Å². The summed E-state index contributed by atoms with van der Waals surface area (Å²) in [4.78, 5) is 12.5. The highest BCUT2D eigenvalue weighted by Crippen LogP contribution is 2.38. The minimum atomic E-state index is -0.314. The molecule has 1 aliphatic rings. The molecule has 1 aromatic carbocycles. The minimum Gasteiger partial charge on any atom is -0.395 e. The van der Waals surface area contributed by atoms with Gasteiger partial charge in [0, 0.05) is 17.7 Å². The van der Waals surface area contributed by atoms with Gasteiger partial charge in [-0.1, -0.05) is 17.9 Å². The highest BCUT2D eigenvalue weighted by Gasteiger charge is 2.37. The van der Waals surface area contributed by atoms with Crippen molar-refractivity contribution in [1.29, 1.82) is 0 Å². The largest absolute Gasteiger partial charge is 0.395 e. The van der Waals surface area contributed by atoms with Gasteiger partial charge >= 0.3 is 0 Å². The fourth-order valence-corrected chi connectivity index (χ4v) is 3.48. The first-order chi connectivity index (χ1) is 10.0. The first-order valence-corrected chi connectivity index (χ1v) is 8.19. The van der Waals surface area contributed by atoms with Gasteiger partial charge in [-0.05, 0) is 50.1 Å². The summed E-state index contributed by atoms with van der Waals surface area (Å²) in [6.45, 7) is 4.06. The number of hydrogen-bond donors (Lipinski definition) is 2. The molecular formula is C17H21NO2S. The van der Waals surface area contributed by atoms with E-state index in [4.69, 9.17) is 5.11 Å². The Balaban J connectivity index is 2.14. The lowest BCUT2D eigenvalue weighted by Crippen LogP contribution is -2.34. The highest BCUT2D eigenvalue weighted by molar-refractivity contribution is 8.01. The molecule has 1 heterocycles. The molecule has 0 spiro atoms. The summed E-state index contributed by atoms with van der Waals surface area (Å²) in [5, 5.41) is 11.8. The number of nitrogens with one attached hydrogen (secondary N) is 1. The molecule has 21 heavy (non-hydrogen) atoms. The van der Waals surface area contributed by atoms with Crippen LogP contribution in [-0.4, -0.2) is 28.1 Å². The molecule has 112 valence electrons. The second kappa shape index (κ2) is 7.02. The van der Waals surface area contributed by atoms with E-state index in [-0.39, 0.29) is 17.3 Å². The second-order valence-corrected chi connectivity index (χ2v) is 7.04. The van der Waals surface area contributed by atoms with Crippen LogP contribution in [0, 0.1) is 18.8 Å². The number of benzene rings is 1. The molecule has 1 unspecified atom stereocenters. The van der Waals surface area contributed by atoms with Gasteiger partial charge in [0.05, 0.1) is 11.4 Å². The van der Waals surface area contributed by atoms with E-state index in [0.717, 1.165) is 35.4 Å². The lowest BCUT2D eigenvalue weighted by molar-refractivity contribution is -0.118. The highest BCUT2D eigenvalue weighted by atomic mass is 32.2. The maximum Gasteiger partial charge on any atom is 0.240 e. The average Bonchev–Trinajstić information content (AvgIpc) is 2.91. The van der Waals surface area contributed by atoms with Gasteiger partial charge in [-0.2, -0.15) is 0 Å². The SMILES string of the molecule is Cc1ccc(C#CCCO)cc1NC(=O)C1(C)CCCS1. The van der Waals surface area contributed by atoms with Gasteiger partial charge in [-0.25, -0.2) is 0 Å². The standard InChI is InChI=1S/C17H21NO2S/c1-13-7-8-14(6-3-4-10-19)12-15(13)18-16(20)17(2)9-5-11-21-17/h7-8,12,19H,4-5,9-11H2,1-2H3,(H,18,20). The Morgan fingerprint density at radius 1 is 1.52 bits per heavy atom. The number of aliphatic hydroxyl groups excluding tert-OH is 1. The monoisotopic (exact) mass is 303 g/mol. The Kier molecular flexibility index (Phi) is 5.33. The lowest BCUT2D eigenvalue weighted by Gasteiger charge is -2.22. The van der Waals surface area contributed by atoms with Gasteiger partial charge in [-0.15, -0.1) is 11.8 Å². The number of aliphatic hydroxyl groups is 1. The zero-order chi connectivity index (χ0) is 15.3. The Morgan fingerprint density at radius 3 is 3.00 bits per heavy atom. The third kappa shape index (κ3) is 4.03. The summed E-state index contributed by atoms with van der Waals surface area (Å²) >= 11 is 1.73. The van der Waals surface area contributed by atoms with E-state index in [9.17, 15) is 4.79 Å². The van der Waals surface area contributed by atoms with Gasteiger partial charge in [0.15, 0.2) is 0 Å². The number of hydrogen-bond acceptors (Lipinski definition) is 3. The summed E-state index contributed by atoms with van der Waals surface area (Å²) in [5.74, 6) is 7.02. The molecule has 1 aromatic rings. The molecule has 0 bridgehead atoms. The lowest BCUT2D eigenvalue weighted by atomic mass is 10.0. The Labute approximate surface area is 130 Å². The van der Waals surface area contributed by atoms with Crippen LogP contribution >= 0.6 is 11.8 Å². The summed E-state index contributed by atoms with van der Waals surface area (Å²) < 4.78 is -0.314. The molecule has 1 aliphatic heterocycles.